The third-order valence-electron chi connectivity index (χ3n) is 5.39. The van der Waals surface area contributed by atoms with Gasteiger partial charge in [0.05, 0.1) is 10.6 Å². The molecule has 0 aliphatic rings. The van der Waals surface area contributed by atoms with Gasteiger partial charge in [0.1, 0.15) is 6.54 Å². The smallest absolute Gasteiger partial charge is 0.264 e. The first-order valence-corrected chi connectivity index (χ1v) is 12.2. The number of anilines is 1. The van der Waals surface area contributed by atoms with Crippen LogP contribution in [0.3, 0.4) is 0 Å². The van der Waals surface area contributed by atoms with Crippen molar-refractivity contribution in [3.63, 3.8) is 0 Å². The predicted molar refractivity (Wildman–Crippen MR) is 130 cm³/mol. The average Bonchev–Trinajstić information content (AvgIpc) is 2.76. The van der Waals surface area contributed by atoms with Crippen molar-refractivity contribution >= 4 is 33.2 Å². The van der Waals surface area contributed by atoms with E-state index < -0.39 is 10.0 Å². The molecule has 0 spiro atoms. The molecule has 0 saturated heterocycles. The lowest BCUT2D eigenvalue weighted by molar-refractivity contribution is -0.119. The molecule has 1 amide bonds. The van der Waals surface area contributed by atoms with E-state index in [1.54, 1.807) is 48.5 Å². The fourth-order valence-corrected chi connectivity index (χ4v) is 4.93. The van der Waals surface area contributed by atoms with Gasteiger partial charge in [-0.25, -0.2) is 8.42 Å². The number of aryl methyl sites for hydroxylation is 2. The normalized spacial score (nSPS) is 11.2. The Kier molecular flexibility index (Phi) is 7.59. The van der Waals surface area contributed by atoms with Crippen LogP contribution in [-0.4, -0.2) is 27.4 Å². The Morgan fingerprint density at radius 1 is 0.938 bits per heavy atom. The second-order valence-corrected chi connectivity index (χ2v) is 10.1. The van der Waals surface area contributed by atoms with Gasteiger partial charge < -0.3 is 5.32 Å². The minimum absolute atomic E-state index is 0.151. The number of rotatable bonds is 8. The SMILES string of the molecule is Cc1ccc(S(=O)(=O)N(CC(=O)NCCc2ccc(Cl)cc2)c2cccc(C)c2C)cc1. The Bertz CT molecular complexity index is 1190. The van der Waals surface area contributed by atoms with Gasteiger partial charge in [0.15, 0.2) is 0 Å². The highest BCUT2D eigenvalue weighted by Crippen LogP contribution is 2.28. The van der Waals surface area contributed by atoms with Crippen LogP contribution in [0.2, 0.25) is 5.02 Å². The molecular weight excluding hydrogens is 444 g/mol. The van der Waals surface area contributed by atoms with Crippen molar-refractivity contribution in [1.82, 2.24) is 5.32 Å². The molecule has 0 radical (unpaired) electrons. The lowest BCUT2D eigenvalue weighted by Crippen LogP contribution is -2.41. The Labute approximate surface area is 195 Å². The van der Waals surface area contributed by atoms with E-state index in [1.165, 1.54) is 4.31 Å². The fraction of sp³-hybridized carbons (Fsp3) is 0.240. The van der Waals surface area contributed by atoms with Gasteiger partial charge in [0.25, 0.3) is 10.0 Å². The van der Waals surface area contributed by atoms with Gasteiger partial charge in [-0.2, -0.15) is 0 Å². The molecule has 0 bridgehead atoms. The summed E-state index contributed by atoms with van der Waals surface area (Å²) in [4.78, 5) is 12.9. The summed E-state index contributed by atoms with van der Waals surface area (Å²) in [5.74, 6) is -0.365. The van der Waals surface area contributed by atoms with E-state index in [-0.39, 0.29) is 17.3 Å². The molecule has 5 nitrogen and oxygen atoms in total. The van der Waals surface area contributed by atoms with E-state index in [1.807, 2.05) is 39.0 Å². The van der Waals surface area contributed by atoms with Crippen LogP contribution in [0.1, 0.15) is 22.3 Å². The van der Waals surface area contributed by atoms with Gasteiger partial charge >= 0.3 is 0 Å². The van der Waals surface area contributed by atoms with Crippen LogP contribution in [0.25, 0.3) is 0 Å². The Balaban J connectivity index is 1.82. The van der Waals surface area contributed by atoms with E-state index in [2.05, 4.69) is 5.32 Å². The number of sulfonamides is 1. The summed E-state index contributed by atoms with van der Waals surface area (Å²) in [6, 6.07) is 19.5. The number of amides is 1. The average molecular weight is 471 g/mol. The lowest BCUT2D eigenvalue weighted by Gasteiger charge is -2.26. The molecule has 0 aliphatic carbocycles. The summed E-state index contributed by atoms with van der Waals surface area (Å²) in [5.41, 5.74) is 4.26. The molecular formula is C25H27ClN2O3S. The molecule has 0 heterocycles. The molecule has 3 aromatic carbocycles. The number of hydrogen-bond acceptors (Lipinski definition) is 3. The van der Waals surface area contributed by atoms with Crippen molar-refractivity contribution in [3.8, 4) is 0 Å². The van der Waals surface area contributed by atoms with Gasteiger partial charge in [-0.1, -0.05) is 53.6 Å². The zero-order valence-corrected chi connectivity index (χ0v) is 20.0. The Morgan fingerprint density at radius 2 is 1.59 bits per heavy atom. The van der Waals surface area contributed by atoms with Gasteiger partial charge in [0, 0.05) is 11.6 Å². The summed E-state index contributed by atoms with van der Waals surface area (Å²) < 4.78 is 28.2. The van der Waals surface area contributed by atoms with E-state index in [0.717, 1.165) is 22.3 Å². The van der Waals surface area contributed by atoms with Crippen LogP contribution < -0.4 is 9.62 Å². The number of carbonyl (C=O) groups is 1. The van der Waals surface area contributed by atoms with E-state index >= 15 is 0 Å². The van der Waals surface area contributed by atoms with Crippen LogP contribution in [0.4, 0.5) is 5.69 Å². The second-order valence-electron chi connectivity index (χ2n) is 7.77. The number of carbonyl (C=O) groups excluding carboxylic acids is 1. The third kappa shape index (κ3) is 5.69. The molecule has 1 N–H and O–H groups in total. The highest BCUT2D eigenvalue weighted by Gasteiger charge is 2.28. The van der Waals surface area contributed by atoms with E-state index in [4.69, 9.17) is 11.6 Å². The fourth-order valence-electron chi connectivity index (χ4n) is 3.33. The topological polar surface area (TPSA) is 66.5 Å². The first kappa shape index (κ1) is 23.8. The molecule has 0 aliphatic heterocycles. The molecule has 7 heteroatoms. The number of nitrogens with zero attached hydrogens (tertiary/aromatic N) is 1. The molecule has 0 fully saturated rings. The molecule has 0 atom stereocenters. The summed E-state index contributed by atoms with van der Waals surface area (Å²) in [6.07, 6.45) is 0.622. The van der Waals surface area contributed by atoms with Crippen molar-refractivity contribution < 1.29 is 13.2 Å². The van der Waals surface area contributed by atoms with Crippen molar-refractivity contribution in [2.75, 3.05) is 17.4 Å². The molecule has 3 aromatic rings. The maximum Gasteiger partial charge on any atom is 0.264 e. The Morgan fingerprint density at radius 3 is 2.25 bits per heavy atom. The molecule has 3 rings (SSSR count). The minimum Gasteiger partial charge on any atom is -0.354 e. The summed E-state index contributed by atoms with van der Waals surface area (Å²) in [5, 5.41) is 3.49. The van der Waals surface area contributed by atoms with E-state index in [9.17, 15) is 13.2 Å². The monoisotopic (exact) mass is 470 g/mol. The number of benzene rings is 3. The van der Waals surface area contributed by atoms with Gasteiger partial charge in [-0.15, -0.1) is 0 Å². The Hall–Kier alpha value is -2.83. The minimum atomic E-state index is -3.93. The highest BCUT2D eigenvalue weighted by molar-refractivity contribution is 7.92. The molecule has 168 valence electrons. The summed E-state index contributed by atoms with van der Waals surface area (Å²) in [6.45, 7) is 5.77. The number of hydrogen-bond donors (Lipinski definition) is 1. The molecule has 0 unspecified atom stereocenters. The van der Waals surface area contributed by atoms with Crippen molar-refractivity contribution in [1.29, 1.82) is 0 Å². The first-order valence-electron chi connectivity index (χ1n) is 10.4. The van der Waals surface area contributed by atoms with Gasteiger partial charge in [-0.05, 0) is 74.2 Å². The number of halogens is 1. The quantitative estimate of drug-likeness (QED) is 0.513. The standard InChI is InChI=1S/C25H27ClN2O3S/c1-18-7-13-23(14-8-18)32(30,31)28(24-6-4-5-19(2)20(24)3)17-25(29)27-16-15-21-9-11-22(26)12-10-21/h4-14H,15-17H2,1-3H3,(H,27,29). The van der Waals surface area contributed by atoms with Crippen molar-refractivity contribution in [2.24, 2.45) is 0 Å². The molecule has 0 aromatic heterocycles. The van der Waals surface area contributed by atoms with Gasteiger partial charge in [0.2, 0.25) is 5.91 Å². The highest BCUT2D eigenvalue weighted by atomic mass is 35.5. The summed E-state index contributed by atoms with van der Waals surface area (Å²) in [7, 11) is -3.93. The van der Waals surface area contributed by atoms with Crippen LogP contribution >= 0.6 is 11.6 Å². The van der Waals surface area contributed by atoms with Crippen molar-refractivity contribution in [3.05, 3.63) is 94.0 Å². The van der Waals surface area contributed by atoms with Crippen LogP contribution in [0.5, 0.6) is 0 Å². The first-order chi connectivity index (χ1) is 15.2. The lowest BCUT2D eigenvalue weighted by atomic mass is 10.1. The van der Waals surface area contributed by atoms with Crippen molar-refractivity contribution in [2.45, 2.75) is 32.1 Å². The van der Waals surface area contributed by atoms with Gasteiger partial charge in [-0.3, -0.25) is 9.10 Å². The van der Waals surface area contributed by atoms with Crippen LogP contribution in [0.15, 0.2) is 71.6 Å². The zero-order valence-electron chi connectivity index (χ0n) is 18.4. The maximum atomic E-state index is 13.5. The predicted octanol–water partition coefficient (Wildman–Crippen LogP) is 4.82. The zero-order chi connectivity index (χ0) is 23.3. The largest absolute Gasteiger partial charge is 0.354 e. The summed E-state index contributed by atoms with van der Waals surface area (Å²) >= 11 is 5.91. The maximum absolute atomic E-state index is 13.5. The second kappa shape index (κ2) is 10.2. The van der Waals surface area contributed by atoms with Crippen LogP contribution in [-0.2, 0) is 21.2 Å². The molecule has 0 saturated carbocycles. The number of nitrogens with one attached hydrogen (secondary N) is 1. The van der Waals surface area contributed by atoms with E-state index in [0.29, 0.717) is 23.7 Å². The van der Waals surface area contributed by atoms with Crippen LogP contribution in [0, 0.1) is 20.8 Å². The molecule has 32 heavy (non-hydrogen) atoms. The third-order valence-corrected chi connectivity index (χ3v) is 7.42.